The summed E-state index contributed by atoms with van der Waals surface area (Å²) in [5.74, 6) is -0.670. The third kappa shape index (κ3) is 3.76. The van der Waals surface area contributed by atoms with Gasteiger partial charge in [0.2, 0.25) is 5.91 Å². The summed E-state index contributed by atoms with van der Waals surface area (Å²) < 4.78 is 4.76. The first-order valence-corrected chi connectivity index (χ1v) is 7.40. The number of hydrogen-bond acceptors (Lipinski definition) is 5. The molecule has 6 heteroatoms. The van der Waals surface area contributed by atoms with Crippen LogP contribution in [0.4, 0.5) is 0 Å². The number of ether oxygens (including phenoxy) is 1. The lowest BCUT2D eigenvalue weighted by molar-refractivity contribution is -0.145. The molecule has 0 unspecified atom stereocenters. The predicted molar refractivity (Wildman–Crippen MR) is 81.1 cm³/mol. The standard InChI is InChI=1S/C16H22N2O4/c1-22-14(20)13(10-11-4-6-12(19)7-5-11)18-15(21)16(17)8-2-3-9-16/h4-7,13,19H,2-3,8-10,17H2,1H3,(H,18,21)/t13-/m0/s1. The average molecular weight is 306 g/mol. The predicted octanol–water partition coefficient (Wildman–Crippen LogP) is 0.864. The number of nitrogens with two attached hydrogens (primary N) is 1. The lowest BCUT2D eigenvalue weighted by Crippen LogP contribution is -2.56. The number of benzene rings is 1. The minimum Gasteiger partial charge on any atom is -0.508 e. The van der Waals surface area contributed by atoms with Crippen molar-refractivity contribution in [1.82, 2.24) is 5.32 Å². The Morgan fingerprint density at radius 1 is 1.32 bits per heavy atom. The van der Waals surface area contributed by atoms with Crippen LogP contribution in [0.5, 0.6) is 5.75 Å². The quantitative estimate of drug-likeness (QED) is 0.700. The molecule has 0 bridgehead atoms. The molecular formula is C16H22N2O4. The zero-order chi connectivity index (χ0) is 16.2. The van der Waals surface area contributed by atoms with E-state index in [0.717, 1.165) is 18.4 Å². The Hall–Kier alpha value is -2.08. The van der Waals surface area contributed by atoms with Gasteiger partial charge in [-0.1, -0.05) is 25.0 Å². The largest absolute Gasteiger partial charge is 0.508 e. The maximum absolute atomic E-state index is 12.4. The summed E-state index contributed by atoms with van der Waals surface area (Å²) in [4.78, 5) is 24.3. The van der Waals surface area contributed by atoms with Gasteiger partial charge < -0.3 is 20.9 Å². The first-order chi connectivity index (χ1) is 10.4. The van der Waals surface area contributed by atoms with Gasteiger partial charge in [-0.05, 0) is 30.5 Å². The van der Waals surface area contributed by atoms with Crippen LogP contribution >= 0.6 is 0 Å². The third-order valence-electron chi connectivity index (χ3n) is 4.12. The zero-order valence-corrected chi connectivity index (χ0v) is 12.7. The summed E-state index contributed by atoms with van der Waals surface area (Å²) in [5.41, 5.74) is 6.03. The molecule has 1 atom stereocenters. The van der Waals surface area contributed by atoms with Crippen LogP contribution in [-0.4, -0.2) is 35.7 Å². The van der Waals surface area contributed by atoms with Crippen molar-refractivity contribution in [3.8, 4) is 5.75 Å². The van der Waals surface area contributed by atoms with E-state index in [1.807, 2.05) is 0 Å². The summed E-state index contributed by atoms with van der Waals surface area (Å²) in [6, 6.07) is 5.68. The summed E-state index contributed by atoms with van der Waals surface area (Å²) >= 11 is 0. The van der Waals surface area contributed by atoms with E-state index in [2.05, 4.69) is 5.32 Å². The highest BCUT2D eigenvalue weighted by atomic mass is 16.5. The second-order valence-corrected chi connectivity index (χ2v) is 5.78. The van der Waals surface area contributed by atoms with Crippen molar-refractivity contribution < 1.29 is 19.4 Å². The van der Waals surface area contributed by atoms with Crippen LogP contribution < -0.4 is 11.1 Å². The Bertz CT molecular complexity index is 536. The van der Waals surface area contributed by atoms with E-state index in [-0.39, 0.29) is 18.1 Å². The van der Waals surface area contributed by atoms with Gasteiger partial charge in [0, 0.05) is 6.42 Å². The van der Waals surface area contributed by atoms with Gasteiger partial charge in [0.25, 0.3) is 0 Å². The number of aromatic hydroxyl groups is 1. The van der Waals surface area contributed by atoms with E-state index in [1.54, 1.807) is 12.1 Å². The van der Waals surface area contributed by atoms with Crippen molar-refractivity contribution in [2.45, 2.75) is 43.7 Å². The Labute approximate surface area is 129 Å². The molecule has 1 aliphatic rings. The SMILES string of the molecule is COC(=O)[C@H](Cc1ccc(O)cc1)NC(=O)C1(N)CCCC1. The number of phenolic OH excluding ortho intramolecular Hbond substituents is 1. The van der Waals surface area contributed by atoms with Crippen molar-refractivity contribution >= 4 is 11.9 Å². The minimum atomic E-state index is -0.888. The second kappa shape index (κ2) is 6.79. The van der Waals surface area contributed by atoms with Crippen LogP contribution in [0.2, 0.25) is 0 Å². The molecule has 4 N–H and O–H groups in total. The van der Waals surface area contributed by atoms with Crippen molar-refractivity contribution in [1.29, 1.82) is 0 Å². The Morgan fingerprint density at radius 3 is 2.45 bits per heavy atom. The number of esters is 1. The molecule has 120 valence electrons. The summed E-state index contributed by atoms with van der Waals surface area (Å²) in [6.45, 7) is 0. The first-order valence-electron chi connectivity index (χ1n) is 7.40. The van der Waals surface area contributed by atoms with Crippen LogP contribution in [0, 0.1) is 0 Å². The number of phenols is 1. The van der Waals surface area contributed by atoms with Gasteiger partial charge in [-0.15, -0.1) is 0 Å². The molecule has 1 aromatic rings. The number of hydrogen-bond donors (Lipinski definition) is 3. The number of carbonyl (C=O) groups is 2. The van der Waals surface area contributed by atoms with Crippen LogP contribution in [0.1, 0.15) is 31.2 Å². The molecular weight excluding hydrogens is 284 g/mol. The van der Waals surface area contributed by atoms with E-state index in [1.165, 1.54) is 19.2 Å². The maximum Gasteiger partial charge on any atom is 0.328 e. The molecule has 1 fully saturated rings. The van der Waals surface area contributed by atoms with Gasteiger partial charge in [0.15, 0.2) is 0 Å². The Kier molecular flexibility index (Phi) is 5.03. The molecule has 6 nitrogen and oxygen atoms in total. The molecule has 1 amide bonds. The van der Waals surface area contributed by atoms with E-state index in [0.29, 0.717) is 12.8 Å². The van der Waals surface area contributed by atoms with Gasteiger partial charge in [-0.3, -0.25) is 4.79 Å². The monoisotopic (exact) mass is 306 g/mol. The maximum atomic E-state index is 12.4. The van der Waals surface area contributed by atoms with Crippen molar-refractivity contribution in [3.63, 3.8) is 0 Å². The number of nitrogens with one attached hydrogen (secondary N) is 1. The molecule has 1 aliphatic carbocycles. The summed E-state index contributed by atoms with van der Waals surface area (Å²) in [5, 5.41) is 12.0. The number of rotatable bonds is 5. The molecule has 0 aliphatic heterocycles. The smallest absolute Gasteiger partial charge is 0.328 e. The number of methoxy groups -OCH3 is 1. The van der Waals surface area contributed by atoms with Crippen molar-refractivity contribution in [3.05, 3.63) is 29.8 Å². The fourth-order valence-corrected chi connectivity index (χ4v) is 2.74. The van der Waals surface area contributed by atoms with Crippen LogP contribution in [-0.2, 0) is 20.7 Å². The zero-order valence-electron chi connectivity index (χ0n) is 12.7. The number of carbonyl (C=O) groups excluding carboxylic acids is 2. The van der Waals surface area contributed by atoms with Crippen LogP contribution in [0.15, 0.2) is 24.3 Å². The van der Waals surface area contributed by atoms with Crippen molar-refractivity contribution in [2.24, 2.45) is 5.73 Å². The molecule has 0 radical (unpaired) electrons. The molecule has 0 spiro atoms. The highest BCUT2D eigenvalue weighted by molar-refractivity contribution is 5.90. The highest BCUT2D eigenvalue weighted by Gasteiger charge is 2.38. The van der Waals surface area contributed by atoms with Gasteiger partial charge in [-0.2, -0.15) is 0 Å². The summed E-state index contributed by atoms with van der Waals surface area (Å²) in [7, 11) is 1.28. The lowest BCUT2D eigenvalue weighted by atomic mass is 9.96. The Balaban J connectivity index is 2.07. The molecule has 22 heavy (non-hydrogen) atoms. The van der Waals surface area contributed by atoms with Crippen LogP contribution in [0.3, 0.4) is 0 Å². The average Bonchev–Trinajstić information content (AvgIpc) is 2.96. The van der Waals surface area contributed by atoms with E-state index < -0.39 is 17.6 Å². The minimum absolute atomic E-state index is 0.147. The highest BCUT2D eigenvalue weighted by Crippen LogP contribution is 2.27. The topological polar surface area (TPSA) is 102 Å². The van der Waals surface area contributed by atoms with Gasteiger partial charge in [0.1, 0.15) is 11.8 Å². The van der Waals surface area contributed by atoms with Gasteiger partial charge in [-0.25, -0.2) is 4.79 Å². The second-order valence-electron chi connectivity index (χ2n) is 5.78. The van der Waals surface area contributed by atoms with Gasteiger partial charge in [0.05, 0.1) is 12.6 Å². The third-order valence-corrected chi connectivity index (χ3v) is 4.12. The van der Waals surface area contributed by atoms with E-state index in [4.69, 9.17) is 10.5 Å². The van der Waals surface area contributed by atoms with E-state index in [9.17, 15) is 14.7 Å². The molecule has 1 saturated carbocycles. The lowest BCUT2D eigenvalue weighted by Gasteiger charge is -2.25. The molecule has 0 heterocycles. The molecule has 2 rings (SSSR count). The number of amides is 1. The fraction of sp³-hybridized carbons (Fsp3) is 0.500. The molecule has 0 aromatic heterocycles. The fourth-order valence-electron chi connectivity index (χ4n) is 2.74. The normalized spacial score (nSPS) is 17.7. The Morgan fingerprint density at radius 2 is 1.91 bits per heavy atom. The van der Waals surface area contributed by atoms with E-state index >= 15 is 0 Å². The molecule has 1 aromatic carbocycles. The van der Waals surface area contributed by atoms with Gasteiger partial charge >= 0.3 is 5.97 Å². The molecule has 0 saturated heterocycles. The van der Waals surface area contributed by atoms with Crippen LogP contribution in [0.25, 0.3) is 0 Å². The summed E-state index contributed by atoms with van der Waals surface area (Å²) in [6.07, 6.45) is 3.39. The first kappa shape index (κ1) is 16.3. The van der Waals surface area contributed by atoms with Crippen molar-refractivity contribution in [2.75, 3.05) is 7.11 Å².